The zero-order valence-corrected chi connectivity index (χ0v) is 15.6. The van der Waals surface area contributed by atoms with E-state index in [-0.39, 0.29) is 11.4 Å². The Bertz CT molecular complexity index is 894. The van der Waals surface area contributed by atoms with Crippen LogP contribution in [0.25, 0.3) is 0 Å². The van der Waals surface area contributed by atoms with E-state index in [4.69, 9.17) is 9.88 Å². The molecule has 0 heterocycles. The molecule has 2 aromatic carbocycles. The number of hydrogen-bond donors (Lipinski definition) is 3. The first-order chi connectivity index (χ1) is 12.8. The zero-order valence-electron chi connectivity index (χ0n) is 14.8. The molecule has 2 rings (SSSR count). The molecule has 2 aromatic rings. The van der Waals surface area contributed by atoms with Crippen molar-refractivity contribution < 1.29 is 22.7 Å². The third-order valence-electron chi connectivity index (χ3n) is 3.58. The van der Waals surface area contributed by atoms with Gasteiger partial charge in [0.15, 0.2) is 0 Å². The molecular weight excluding hydrogens is 370 g/mol. The maximum atomic E-state index is 11.9. The quantitative estimate of drug-likeness (QED) is 0.608. The molecule has 4 N–H and O–H groups in total. The summed E-state index contributed by atoms with van der Waals surface area (Å²) < 4.78 is 27.7. The lowest BCUT2D eigenvalue weighted by Gasteiger charge is -2.08. The second kappa shape index (κ2) is 9.15. The van der Waals surface area contributed by atoms with Crippen LogP contribution >= 0.6 is 0 Å². The van der Waals surface area contributed by atoms with Gasteiger partial charge in [0.05, 0.1) is 11.5 Å². The molecule has 0 spiro atoms. The normalized spacial score (nSPS) is 10.9. The maximum absolute atomic E-state index is 11.9. The van der Waals surface area contributed by atoms with Gasteiger partial charge in [0, 0.05) is 12.2 Å². The lowest BCUT2D eigenvalue weighted by molar-refractivity contribution is -0.136. The lowest BCUT2D eigenvalue weighted by atomic mass is 10.1. The molecule has 2 amide bonds. The molecule has 8 nitrogen and oxygen atoms in total. The Morgan fingerprint density at radius 1 is 1.00 bits per heavy atom. The van der Waals surface area contributed by atoms with Gasteiger partial charge in [0.25, 0.3) is 0 Å². The van der Waals surface area contributed by atoms with Gasteiger partial charge in [-0.3, -0.25) is 9.59 Å². The van der Waals surface area contributed by atoms with Crippen LogP contribution in [-0.4, -0.2) is 33.4 Å². The number of amides is 2. The van der Waals surface area contributed by atoms with Crippen molar-refractivity contribution in [2.75, 3.05) is 18.5 Å². The number of carbonyl (C=O) groups is 2. The molecule has 9 heteroatoms. The first-order valence-electron chi connectivity index (χ1n) is 8.23. The van der Waals surface area contributed by atoms with Gasteiger partial charge >= 0.3 is 11.8 Å². The van der Waals surface area contributed by atoms with E-state index in [1.807, 2.05) is 6.92 Å². The molecule has 0 unspecified atom stereocenters. The highest BCUT2D eigenvalue weighted by atomic mass is 32.2. The summed E-state index contributed by atoms with van der Waals surface area (Å²) in [5.74, 6) is -0.859. The first kappa shape index (κ1) is 20.4. The predicted molar refractivity (Wildman–Crippen MR) is 101 cm³/mol. The molecule has 27 heavy (non-hydrogen) atoms. The molecule has 0 atom stereocenters. The van der Waals surface area contributed by atoms with Crippen LogP contribution in [0.2, 0.25) is 0 Å². The van der Waals surface area contributed by atoms with E-state index in [0.717, 1.165) is 5.56 Å². The fourth-order valence-electron chi connectivity index (χ4n) is 2.24. The molecule has 144 valence electrons. The van der Waals surface area contributed by atoms with Gasteiger partial charge in [-0.15, -0.1) is 0 Å². The van der Waals surface area contributed by atoms with Gasteiger partial charge in [-0.25, -0.2) is 13.6 Å². The number of benzene rings is 2. The molecule has 0 fully saturated rings. The van der Waals surface area contributed by atoms with Crippen LogP contribution in [0.3, 0.4) is 0 Å². The van der Waals surface area contributed by atoms with E-state index in [9.17, 15) is 18.0 Å². The Balaban J connectivity index is 1.80. The van der Waals surface area contributed by atoms with Gasteiger partial charge in [0.1, 0.15) is 5.75 Å². The number of primary sulfonamides is 1. The van der Waals surface area contributed by atoms with Crippen LogP contribution < -0.4 is 20.5 Å². The summed E-state index contributed by atoms with van der Waals surface area (Å²) >= 11 is 0. The Labute approximate surface area is 157 Å². The average Bonchev–Trinajstić information content (AvgIpc) is 2.63. The third-order valence-corrected chi connectivity index (χ3v) is 4.51. The minimum absolute atomic E-state index is 0.0185. The van der Waals surface area contributed by atoms with Crippen molar-refractivity contribution in [2.45, 2.75) is 18.2 Å². The third kappa shape index (κ3) is 6.39. The van der Waals surface area contributed by atoms with Crippen molar-refractivity contribution in [3.8, 4) is 5.75 Å². The first-order valence-corrected chi connectivity index (χ1v) is 9.78. The fourth-order valence-corrected chi connectivity index (χ4v) is 2.75. The summed E-state index contributed by atoms with van der Waals surface area (Å²) in [6.45, 7) is 2.64. The molecule has 0 bridgehead atoms. The highest BCUT2D eigenvalue weighted by Gasteiger charge is 2.13. The standard InChI is InChI=1S/C18H21N3O5S/c1-2-26-15-7-5-14(6-8-15)21-18(23)17(22)20-12-11-13-3-9-16(10-4-13)27(19,24)25/h3-10H,2,11-12H2,1H3,(H,20,22)(H,21,23)(H2,19,24,25). The van der Waals surface area contributed by atoms with E-state index in [2.05, 4.69) is 10.6 Å². The van der Waals surface area contributed by atoms with Gasteiger partial charge in [-0.1, -0.05) is 12.1 Å². The van der Waals surface area contributed by atoms with Crippen LogP contribution in [0.15, 0.2) is 53.4 Å². The number of nitrogens with two attached hydrogens (primary N) is 1. The van der Waals surface area contributed by atoms with E-state index in [1.165, 1.54) is 12.1 Å². The summed E-state index contributed by atoms with van der Waals surface area (Å²) in [4.78, 5) is 23.8. The molecule has 0 aliphatic rings. The summed E-state index contributed by atoms with van der Waals surface area (Å²) in [5.41, 5.74) is 1.28. The number of sulfonamides is 1. The van der Waals surface area contributed by atoms with E-state index in [1.54, 1.807) is 36.4 Å². The monoisotopic (exact) mass is 391 g/mol. The SMILES string of the molecule is CCOc1ccc(NC(=O)C(=O)NCCc2ccc(S(N)(=O)=O)cc2)cc1. The smallest absolute Gasteiger partial charge is 0.313 e. The maximum Gasteiger partial charge on any atom is 0.313 e. The minimum Gasteiger partial charge on any atom is -0.494 e. The van der Waals surface area contributed by atoms with Gasteiger partial charge in [0.2, 0.25) is 10.0 Å². The second-order valence-electron chi connectivity index (χ2n) is 5.61. The van der Waals surface area contributed by atoms with E-state index < -0.39 is 21.8 Å². The van der Waals surface area contributed by atoms with Gasteiger partial charge in [-0.2, -0.15) is 0 Å². The summed E-state index contributed by atoms with van der Waals surface area (Å²) in [5, 5.41) is 10.0. The summed E-state index contributed by atoms with van der Waals surface area (Å²) in [6, 6.07) is 12.7. The van der Waals surface area contributed by atoms with Crippen molar-refractivity contribution in [3.05, 3.63) is 54.1 Å². The van der Waals surface area contributed by atoms with Crippen LogP contribution in [0, 0.1) is 0 Å². The topological polar surface area (TPSA) is 128 Å². The van der Waals surface area contributed by atoms with Gasteiger partial charge < -0.3 is 15.4 Å². The molecule has 0 aliphatic carbocycles. The molecule has 0 aromatic heterocycles. The van der Waals surface area contributed by atoms with Crippen LogP contribution in [0.1, 0.15) is 12.5 Å². The Morgan fingerprint density at radius 2 is 1.63 bits per heavy atom. The minimum atomic E-state index is -3.73. The number of hydrogen-bond acceptors (Lipinski definition) is 5. The Kier molecular flexibility index (Phi) is 6.91. The average molecular weight is 391 g/mol. The Morgan fingerprint density at radius 3 is 2.19 bits per heavy atom. The second-order valence-corrected chi connectivity index (χ2v) is 7.17. The van der Waals surface area contributed by atoms with Crippen LogP contribution in [-0.2, 0) is 26.0 Å². The number of ether oxygens (including phenoxy) is 1. The molecule has 0 aliphatic heterocycles. The van der Waals surface area contributed by atoms with E-state index >= 15 is 0 Å². The predicted octanol–water partition coefficient (Wildman–Crippen LogP) is 1.03. The lowest BCUT2D eigenvalue weighted by Crippen LogP contribution is -2.36. The number of rotatable bonds is 7. The zero-order chi connectivity index (χ0) is 19.9. The molecule has 0 saturated carbocycles. The van der Waals surface area contributed by atoms with E-state index in [0.29, 0.717) is 24.5 Å². The van der Waals surface area contributed by atoms with Crippen LogP contribution in [0.4, 0.5) is 5.69 Å². The largest absolute Gasteiger partial charge is 0.494 e. The summed E-state index contributed by atoms with van der Waals surface area (Å²) in [6.07, 6.45) is 0.437. The Hall–Kier alpha value is -2.91. The number of carbonyl (C=O) groups excluding carboxylic acids is 2. The molecule has 0 saturated heterocycles. The van der Waals surface area contributed by atoms with Gasteiger partial charge in [-0.05, 0) is 55.3 Å². The van der Waals surface area contributed by atoms with Crippen molar-refractivity contribution >= 4 is 27.5 Å². The highest BCUT2D eigenvalue weighted by Crippen LogP contribution is 2.15. The fraction of sp³-hybridized carbons (Fsp3) is 0.222. The molecular formula is C18H21N3O5S. The summed E-state index contributed by atoms with van der Waals surface area (Å²) in [7, 11) is -3.73. The van der Waals surface area contributed by atoms with Crippen molar-refractivity contribution in [1.82, 2.24) is 5.32 Å². The number of nitrogens with one attached hydrogen (secondary N) is 2. The molecule has 0 radical (unpaired) electrons. The van der Waals surface area contributed by atoms with Crippen molar-refractivity contribution in [2.24, 2.45) is 5.14 Å². The van der Waals surface area contributed by atoms with Crippen LogP contribution in [0.5, 0.6) is 5.75 Å². The number of anilines is 1. The van der Waals surface area contributed by atoms with Crippen molar-refractivity contribution in [1.29, 1.82) is 0 Å². The van der Waals surface area contributed by atoms with Crippen molar-refractivity contribution in [3.63, 3.8) is 0 Å². The highest BCUT2D eigenvalue weighted by molar-refractivity contribution is 7.89.